The largest absolute Gasteiger partial charge is 0.733 e. The zero-order valence-corrected chi connectivity index (χ0v) is 26.6. The van der Waals surface area contributed by atoms with Gasteiger partial charge in [-0.3, -0.25) is 24.4 Å². The van der Waals surface area contributed by atoms with Crippen molar-refractivity contribution < 1.29 is 49.2 Å². The zero-order valence-electron chi connectivity index (χ0n) is 26.6. The summed E-state index contributed by atoms with van der Waals surface area (Å²) < 4.78 is 5.17. The molecule has 13 nitrogen and oxygen atoms in total. The Hall–Kier alpha value is -3.65. The molecule has 5 rings (SSSR count). The molecular formula is C34H43N2O11-. The van der Waals surface area contributed by atoms with Gasteiger partial charge in [-0.15, -0.1) is 0 Å². The lowest BCUT2D eigenvalue weighted by atomic mass is 9.46. The summed E-state index contributed by atoms with van der Waals surface area (Å²) in [4.78, 5) is 62.4. The molecule has 13 heteroatoms. The number of aliphatic carboxylic acids is 1. The third-order valence-electron chi connectivity index (χ3n) is 11.8. The summed E-state index contributed by atoms with van der Waals surface area (Å²) in [5, 5.41) is 53.8. The van der Waals surface area contributed by atoms with E-state index in [1.54, 1.807) is 0 Å². The van der Waals surface area contributed by atoms with Crippen molar-refractivity contribution in [3.8, 4) is 0 Å². The maximum Gasteiger partial charge on any atom is 0.329 e. The minimum Gasteiger partial charge on any atom is -0.733 e. The number of fused-ring (bicyclic) bond motifs is 5. The Morgan fingerprint density at radius 2 is 1.79 bits per heavy atom. The fourth-order valence-electron chi connectivity index (χ4n) is 9.13. The lowest BCUT2D eigenvalue weighted by molar-refractivity contribution is -0.170. The van der Waals surface area contributed by atoms with Crippen molar-refractivity contribution in [3.63, 3.8) is 0 Å². The third kappa shape index (κ3) is 6.33. The third-order valence-corrected chi connectivity index (χ3v) is 11.8. The highest BCUT2D eigenvalue weighted by atomic mass is 16.8. The van der Waals surface area contributed by atoms with Crippen molar-refractivity contribution in [2.75, 3.05) is 11.8 Å². The number of ketones is 2. The molecule has 0 saturated heterocycles. The van der Waals surface area contributed by atoms with Gasteiger partial charge in [-0.1, -0.05) is 31.6 Å². The van der Waals surface area contributed by atoms with E-state index in [0.717, 1.165) is 31.7 Å². The molecule has 1 aromatic rings. The predicted molar refractivity (Wildman–Crippen MR) is 165 cm³/mol. The van der Waals surface area contributed by atoms with E-state index in [1.807, 2.05) is 13.0 Å². The van der Waals surface area contributed by atoms with Crippen LogP contribution in [0.15, 0.2) is 35.9 Å². The number of carbonyl (C=O) groups excluding carboxylic acids is 4. The molecule has 3 fully saturated rings. The van der Waals surface area contributed by atoms with Crippen LogP contribution in [0.25, 0.3) is 0 Å². The second kappa shape index (κ2) is 13.1. The maximum absolute atomic E-state index is 13.5. The van der Waals surface area contributed by atoms with Gasteiger partial charge in [-0.2, -0.15) is 0 Å². The van der Waals surface area contributed by atoms with Gasteiger partial charge < -0.3 is 35.8 Å². The van der Waals surface area contributed by atoms with Crippen molar-refractivity contribution in [1.82, 2.24) is 5.32 Å². The number of carboxylic acid groups (broad SMARTS) is 1. The number of carboxylic acids is 1. The smallest absolute Gasteiger partial charge is 0.329 e. The molecule has 1 amide bonds. The number of carbonyl (C=O) groups is 5. The molecule has 256 valence electrons. The van der Waals surface area contributed by atoms with Gasteiger partial charge in [-0.05, 0) is 91.9 Å². The standard InChI is InChI=1S/C34H43N2O11/c1-32-13-10-22(37)17-20(32)6-7-23-24(32)11-14-33(2)25(23)12-15-34(33,44)26(38)18-47-28(40)9-8-27(39)35-29(31(42)43)30(41)19-4-3-5-21(16-19)36(45)46/h3-5,16-17,23-25,29-30,41,44-45H,6-15,18H2,1-2H3,(H,35,39)(H,42,43)/q-1. The fraction of sp³-hybridized carbons (Fsp3) is 0.618. The van der Waals surface area contributed by atoms with E-state index in [-0.39, 0.29) is 34.8 Å². The molecule has 0 radical (unpaired) electrons. The van der Waals surface area contributed by atoms with E-state index in [0.29, 0.717) is 31.1 Å². The topological polar surface area (TPSA) is 214 Å². The van der Waals surface area contributed by atoms with Gasteiger partial charge in [0.15, 0.2) is 18.4 Å². The Labute approximate surface area is 272 Å². The Morgan fingerprint density at radius 3 is 2.49 bits per heavy atom. The average molecular weight is 656 g/mol. The molecule has 0 heterocycles. The van der Waals surface area contributed by atoms with Crippen LogP contribution in [-0.2, 0) is 28.7 Å². The summed E-state index contributed by atoms with van der Waals surface area (Å²) in [7, 11) is 0. The maximum atomic E-state index is 13.5. The van der Waals surface area contributed by atoms with Gasteiger partial charge >= 0.3 is 11.9 Å². The van der Waals surface area contributed by atoms with Crippen molar-refractivity contribution in [3.05, 3.63) is 46.7 Å². The van der Waals surface area contributed by atoms with Gasteiger partial charge in [0.25, 0.3) is 0 Å². The highest BCUT2D eigenvalue weighted by Gasteiger charge is 2.66. The van der Waals surface area contributed by atoms with Crippen LogP contribution in [0.2, 0.25) is 0 Å². The Balaban J connectivity index is 1.14. The van der Waals surface area contributed by atoms with Crippen LogP contribution >= 0.6 is 0 Å². The van der Waals surface area contributed by atoms with Gasteiger partial charge in [0.05, 0.1) is 12.1 Å². The van der Waals surface area contributed by atoms with Crippen LogP contribution in [0.5, 0.6) is 0 Å². The molecule has 8 atom stereocenters. The number of allylic oxidation sites excluding steroid dienone is 1. The second-order valence-electron chi connectivity index (χ2n) is 14.1. The van der Waals surface area contributed by atoms with Crippen LogP contribution in [0.3, 0.4) is 0 Å². The van der Waals surface area contributed by atoms with Crippen LogP contribution < -0.4 is 10.5 Å². The van der Waals surface area contributed by atoms with E-state index in [4.69, 9.17) is 9.94 Å². The minimum atomic E-state index is -1.83. The first kappa shape index (κ1) is 34.7. The summed E-state index contributed by atoms with van der Waals surface area (Å²) in [6.45, 7) is 3.57. The van der Waals surface area contributed by atoms with Crippen LogP contribution in [-0.4, -0.2) is 68.2 Å². The normalized spacial score (nSPS) is 32.5. The number of nitrogens with one attached hydrogen (secondary N) is 1. The van der Waals surface area contributed by atoms with E-state index in [2.05, 4.69) is 12.2 Å². The molecule has 0 bridgehead atoms. The number of nitrogens with zero attached hydrogens (tertiary/aromatic N) is 1. The molecule has 47 heavy (non-hydrogen) atoms. The van der Waals surface area contributed by atoms with Gasteiger partial charge in [0.2, 0.25) is 11.7 Å². The first-order valence-electron chi connectivity index (χ1n) is 16.2. The van der Waals surface area contributed by atoms with Crippen LogP contribution in [0, 0.1) is 33.8 Å². The number of amides is 1. The SMILES string of the molecule is CC12CCC(=O)C=C1CCC1C2CCC2(C)C1CCC2(O)C(=O)COC(=O)CCC(=O)NC(C(=O)O)C(O)c1cccc(N([O-])O)c1. The summed E-state index contributed by atoms with van der Waals surface area (Å²) >= 11 is 0. The van der Waals surface area contributed by atoms with Gasteiger partial charge in [-0.25, -0.2) is 4.79 Å². The van der Waals surface area contributed by atoms with Crippen LogP contribution in [0.1, 0.15) is 89.7 Å². The quantitative estimate of drug-likeness (QED) is 0.172. The van der Waals surface area contributed by atoms with Crippen molar-refractivity contribution in [2.24, 2.45) is 28.6 Å². The highest BCUT2D eigenvalue weighted by Crippen LogP contribution is 2.67. The number of hydrogen-bond acceptors (Lipinski definition) is 11. The van der Waals surface area contributed by atoms with Crippen molar-refractivity contribution >= 4 is 35.1 Å². The first-order valence-corrected chi connectivity index (χ1v) is 16.2. The summed E-state index contributed by atoms with van der Waals surface area (Å²) in [6.07, 6.45) is 4.63. The van der Waals surface area contributed by atoms with E-state index in [1.165, 1.54) is 23.8 Å². The van der Waals surface area contributed by atoms with E-state index in [9.17, 15) is 44.5 Å². The van der Waals surface area contributed by atoms with Crippen molar-refractivity contribution in [2.45, 2.75) is 95.8 Å². The fourth-order valence-corrected chi connectivity index (χ4v) is 9.13. The number of esters is 1. The summed E-state index contributed by atoms with van der Waals surface area (Å²) in [5.74, 6) is -2.92. The molecule has 3 saturated carbocycles. The monoisotopic (exact) mass is 655 g/mol. The van der Waals surface area contributed by atoms with E-state index < -0.39 is 71.5 Å². The summed E-state index contributed by atoms with van der Waals surface area (Å²) in [6, 6.07) is 3.08. The van der Waals surface area contributed by atoms with E-state index >= 15 is 0 Å². The van der Waals surface area contributed by atoms with Crippen molar-refractivity contribution in [1.29, 1.82) is 0 Å². The molecule has 1 aromatic carbocycles. The molecule has 5 N–H and O–H groups in total. The van der Waals surface area contributed by atoms with Crippen LogP contribution in [0.4, 0.5) is 5.69 Å². The average Bonchev–Trinajstić information content (AvgIpc) is 3.32. The first-order chi connectivity index (χ1) is 22.1. The minimum absolute atomic E-state index is 0.0438. The van der Waals surface area contributed by atoms with Gasteiger partial charge in [0.1, 0.15) is 11.7 Å². The molecule has 0 aliphatic heterocycles. The number of hydrogen-bond donors (Lipinski definition) is 5. The number of ether oxygens (including phenoxy) is 1. The molecule has 4 aliphatic carbocycles. The number of aliphatic hydroxyl groups excluding tert-OH is 1. The summed E-state index contributed by atoms with van der Waals surface area (Å²) in [5.41, 5.74) is -1.47. The lowest BCUT2D eigenvalue weighted by Crippen LogP contribution is -2.58. The second-order valence-corrected chi connectivity index (χ2v) is 14.1. The molecule has 4 aliphatic rings. The number of Topliss-reactive ketones (excluding diaryl/α,β-unsaturated/α-hetero) is 1. The number of anilines is 1. The lowest BCUT2D eigenvalue weighted by Gasteiger charge is -2.58. The number of benzene rings is 1. The highest BCUT2D eigenvalue weighted by molar-refractivity contribution is 5.92. The Morgan fingerprint density at radius 1 is 1.06 bits per heavy atom. The Bertz CT molecular complexity index is 1480. The molecule has 0 aromatic heterocycles. The number of aliphatic hydroxyl groups is 2. The Kier molecular flexibility index (Phi) is 9.66. The molecule has 8 unspecified atom stereocenters. The van der Waals surface area contributed by atoms with Gasteiger partial charge in [0, 0.05) is 18.3 Å². The molecular weight excluding hydrogens is 612 g/mol. The zero-order chi connectivity index (χ0) is 34.3. The predicted octanol–water partition coefficient (Wildman–Crippen LogP) is 3.14. The number of rotatable bonds is 11. The molecule has 0 spiro atoms.